The Labute approximate surface area is 149 Å². The van der Waals surface area contributed by atoms with Crippen molar-refractivity contribution in [1.82, 2.24) is 14.4 Å². The first-order valence-electron chi connectivity index (χ1n) is 7.94. The Morgan fingerprint density at radius 3 is 2.73 bits per heavy atom. The number of fused-ring (bicyclic) bond motifs is 1. The van der Waals surface area contributed by atoms with Crippen LogP contribution in [0.25, 0.3) is 17.0 Å². The van der Waals surface area contributed by atoms with Crippen LogP contribution in [0.1, 0.15) is 20.8 Å². The number of benzene rings is 1. The summed E-state index contributed by atoms with van der Waals surface area (Å²) in [6, 6.07) is 4.22. The SMILES string of the molecule is COc1cnc2nc(-c3cc(NC(=O)OC(C)(C)C)ccc3F)cn2c1. The van der Waals surface area contributed by atoms with Crippen molar-refractivity contribution in [2.75, 3.05) is 12.4 Å². The quantitative estimate of drug-likeness (QED) is 0.768. The molecule has 0 saturated carbocycles. The summed E-state index contributed by atoms with van der Waals surface area (Å²) >= 11 is 0. The molecule has 7 nitrogen and oxygen atoms in total. The molecule has 26 heavy (non-hydrogen) atoms. The van der Waals surface area contributed by atoms with Crippen LogP contribution in [0.3, 0.4) is 0 Å². The molecule has 0 aliphatic rings. The van der Waals surface area contributed by atoms with Crippen LogP contribution < -0.4 is 10.1 Å². The van der Waals surface area contributed by atoms with Gasteiger partial charge in [-0.15, -0.1) is 0 Å². The maximum Gasteiger partial charge on any atom is 0.412 e. The van der Waals surface area contributed by atoms with E-state index in [-0.39, 0.29) is 5.56 Å². The van der Waals surface area contributed by atoms with Gasteiger partial charge in [-0.1, -0.05) is 0 Å². The van der Waals surface area contributed by atoms with Gasteiger partial charge in [0.1, 0.15) is 11.4 Å². The summed E-state index contributed by atoms with van der Waals surface area (Å²) in [5.41, 5.74) is 0.400. The Morgan fingerprint density at radius 2 is 2.04 bits per heavy atom. The number of ether oxygens (including phenoxy) is 2. The minimum Gasteiger partial charge on any atom is -0.494 e. The Hall–Kier alpha value is -3.16. The number of nitrogens with zero attached hydrogens (tertiary/aromatic N) is 3. The van der Waals surface area contributed by atoms with E-state index in [2.05, 4.69) is 15.3 Å². The fraction of sp³-hybridized carbons (Fsp3) is 0.278. The first kappa shape index (κ1) is 17.7. The molecule has 0 bridgehead atoms. The van der Waals surface area contributed by atoms with E-state index in [1.807, 2.05) is 0 Å². The van der Waals surface area contributed by atoms with Crippen molar-refractivity contribution >= 4 is 17.6 Å². The number of aromatic nitrogens is 3. The molecule has 2 aromatic heterocycles. The number of anilines is 1. The Kier molecular flexibility index (Phi) is 4.50. The van der Waals surface area contributed by atoms with Gasteiger partial charge in [-0.25, -0.2) is 19.2 Å². The van der Waals surface area contributed by atoms with Crippen molar-refractivity contribution in [3.05, 3.63) is 42.6 Å². The Balaban J connectivity index is 1.91. The molecule has 3 aromatic rings. The molecule has 0 unspecified atom stereocenters. The molecule has 0 aliphatic heterocycles. The lowest BCUT2D eigenvalue weighted by Gasteiger charge is -2.19. The van der Waals surface area contributed by atoms with E-state index in [1.54, 1.807) is 37.6 Å². The maximum atomic E-state index is 14.3. The second-order valence-corrected chi connectivity index (χ2v) is 6.65. The fourth-order valence-electron chi connectivity index (χ4n) is 2.32. The molecule has 1 N–H and O–H groups in total. The zero-order valence-electron chi connectivity index (χ0n) is 14.9. The number of carbonyl (C=O) groups excluding carboxylic acids is 1. The lowest BCUT2D eigenvalue weighted by atomic mass is 10.1. The van der Waals surface area contributed by atoms with Gasteiger partial charge in [-0.05, 0) is 39.0 Å². The Bertz CT molecular complexity index is 963. The molecule has 1 amide bonds. The topological polar surface area (TPSA) is 77.8 Å². The van der Waals surface area contributed by atoms with Crippen LogP contribution in [0.15, 0.2) is 36.8 Å². The van der Waals surface area contributed by atoms with E-state index < -0.39 is 17.5 Å². The third-order valence-corrected chi connectivity index (χ3v) is 3.41. The van der Waals surface area contributed by atoms with Crippen molar-refractivity contribution in [2.24, 2.45) is 0 Å². The standard InChI is InChI=1S/C18H19FN4O3/c1-18(2,3)26-17(24)21-11-5-6-14(19)13(7-11)15-10-23-9-12(25-4)8-20-16(23)22-15/h5-10H,1-4H3,(H,21,24). The summed E-state index contributed by atoms with van der Waals surface area (Å²) in [6.45, 7) is 5.29. The highest BCUT2D eigenvalue weighted by molar-refractivity contribution is 5.86. The summed E-state index contributed by atoms with van der Waals surface area (Å²) in [6.07, 6.45) is 4.25. The number of halogens is 1. The molecule has 0 radical (unpaired) electrons. The zero-order valence-corrected chi connectivity index (χ0v) is 14.9. The zero-order chi connectivity index (χ0) is 18.9. The van der Waals surface area contributed by atoms with Gasteiger partial charge in [0.15, 0.2) is 5.75 Å². The molecular formula is C18H19FN4O3. The smallest absolute Gasteiger partial charge is 0.412 e. The van der Waals surface area contributed by atoms with Gasteiger partial charge in [0.25, 0.3) is 0 Å². The number of amides is 1. The van der Waals surface area contributed by atoms with Gasteiger partial charge in [0.2, 0.25) is 5.78 Å². The van der Waals surface area contributed by atoms with Crippen LogP contribution in [0, 0.1) is 5.82 Å². The van der Waals surface area contributed by atoms with Gasteiger partial charge < -0.3 is 9.47 Å². The van der Waals surface area contributed by atoms with E-state index in [9.17, 15) is 9.18 Å². The van der Waals surface area contributed by atoms with Gasteiger partial charge in [-0.2, -0.15) is 0 Å². The van der Waals surface area contributed by atoms with Gasteiger partial charge >= 0.3 is 6.09 Å². The highest BCUT2D eigenvalue weighted by Gasteiger charge is 2.17. The van der Waals surface area contributed by atoms with Crippen LogP contribution in [0.4, 0.5) is 14.9 Å². The minimum atomic E-state index is -0.626. The van der Waals surface area contributed by atoms with Crippen LogP contribution in [-0.4, -0.2) is 33.2 Å². The van der Waals surface area contributed by atoms with E-state index >= 15 is 0 Å². The van der Waals surface area contributed by atoms with E-state index in [0.717, 1.165) is 0 Å². The molecule has 2 heterocycles. The molecule has 0 aliphatic carbocycles. The summed E-state index contributed by atoms with van der Waals surface area (Å²) in [7, 11) is 1.53. The van der Waals surface area contributed by atoms with Crippen molar-refractivity contribution in [2.45, 2.75) is 26.4 Å². The maximum absolute atomic E-state index is 14.3. The molecule has 8 heteroatoms. The first-order chi connectivity index (χ1) is 12.2. The van der Waals surface area contributed by atoms with Crippen LogP contribution in [0.5, 0.6) is 5.75 Å². The van der Waals surface area contributed by atoms with Crippen molar-refractivity contribution in [3.8, 4) is 17.0 Å². The second-order valence-electron chi connectivity index (χ2n) is 6.65. The van der Waals surface area contributed by atoms with Crippen molar-refractivity contribution in [3.63, 3.8) is 0 Å². The highest BCUT2D eigenvalue weighted by Crippen LogP contribution is 2.26. The number of imidazole rings is 1. The number of methoxy groups -OCH3 is 1. The van der Waals surface area contributed by atoms with Crippen molar-refractivity contribution in [1.29, 1.82) is 0 Å². The molecule has 0 fully saturated rings. The molecule has 0 spiro atoms. The van der Waals surface area contributed by atoms with E-state index in [4.69, 9.17) is 9.47 Å². The third kappa shape index (κ3) is 3.90. The largest absolute Gasteiger partial charge is 0.494 e. The van der Waals surface area contributed by atoms with Crippen LogP contribution in [-0.2, 0) is 4.74 Å². The van der Waals surface area contributed by atoms with Crippen LogP contribution in [0.2, 0.25) is 0 Å². The van der Waals surface area contributed by atoms with E-state index in [1.165, 1.54) is 31.5 Å². The minimum absolute atomic E-state index is 0.239. The lowest BCUT2D eigenvalue weighted by molar-refractivity contribution is 0.0636. The van der Waals surface area contributed by atoms with Crippen molar-refractivity contribution < 1.29 is 18.7 Å². The highest BCUT2D eigenvalue weighted by atomic mass is 19.1. The monoisotopic (exact) mass is 358 g/mol. The number of hydrogen-bond donors (Lipinski definition) is 1. The predicted octanol–water partition coefficient (Wildman–Crippen LogP) is 3.89. The molecule has 3 rings (SSSR count). The fourth-order valence-corrected chi connectivity index (χ4v) is 2.32. The molecule has 0 saturated heterocycles. The second kappa shape index (κ2) is 6.62. The predicted molar refractivity (Wildman–Crippen MR) is 94.8 cm³/mol. The number of hydrogen-bond acceptors (Lipinski definition) is 5. The lowest BCUT2D eigenvalue weighted by Crippen LogP contribution is -2.27. The molecular weight excluding hydrogens is 339 g/mol. The third-order valence-electron chi connectivity index (χ3n) is 3.41. The number of carbonyl (C=O) groups is 1. The molecule has 0 atom stereocenters. The molecule has 1 aromatic carbocycles. The van der Waals surface area contributed by atoms with Gasteiger partial charge in [0, 0.05) is 17.4 Å². The molecule has 136 valence electrons. The van der Waals surface area contributed by atoms with Gasteiger partial charge in [0.05, 0.1) is 25.2 Å². The summed E-state index contributed by atoms with van der Waals surface area (Å²) in [5.74, 6) is 0.503. The van der Waals surface area contributed by atoms with Gasteiger partial charge in [-0.3, -0.25) is 9.72 Å². The number of nitrogens with one attached hydrogen (secondary N) is 1. The van der Waals surface area contributed by atoms with Crippen LogP contribution >= 0.6 is 0 Å². The normalized spacial score (nSPS) is 11.4. The van der Waals surface area contributed by atoms with E-state index in [0.29, 0.717) is 22.9 Å². The Morgan fingerprint density at radius 1 is 1.27 bits per heavy atom. The average Bonchev–Trinajstić information content (AvgIpc) is 2.97. The average molecular weight is 358 g/mol. The summed E-state index contributed by atoms with van der Waals surface area (Å²) in [5, 5.41) is 2.59. The summed E-state index contributed by atoms with van der Waals surface area (Å²) in [4.78, 5) is 20.4. The summed E-state index contributed by atoms with van der Waals surface area (Å²) < 4.78 is 26.3. The number of rotatable bonds is 3. The first-order valence-corrected chi connectivity index (χ1v) is 7.94.